The molecule has 1 aromatic carbocycles. The molecule has 0 radical (unpaired) electrons. The molecule has 0 aliphatic carbocycles. The molecule has 1 aromatic rings. The number of allylic oxidation sites excluding steroid dienone is 1. The van der Waals surface area contributed by atoms with Crippen molar-refractivity contribution >= 4 is 0 Å². The van der Waals surface area contributed by atoms with Crippen LogP contribution in [0.2, 0.25) is 0 Å². The molecular weight excluding hydrogens is 182 g/mol. The van der Waals surface area contributed by atoms with Crippen molar-refractivity contribution in [3.63, 3.8) is 0 Å². The molecule has 0 saturated carbocycles. The van der Waals surface area contributed by atoms with Crippen molar-refractivity contribution in [3.8, 4) is 0 Å². The molecule has 0 aliphatic rings. The highest BCUT2D eigenvalue weighted by molar-refractivity contribution is 5.23. The molecule has 0 aliphatic heterocycles. The Kier molecular flexibility index (Phi) is 4.57. The van der Waals surface area contributed by atoms with E-state index in [1.165, 1.54) is 16.7 Å². The fourth-order valence-corrected chi connectivity index (χ4v) is 1.41. The number of aryl methyl sites for hydroxylation is 1. The van der Waals surface area contributed by atoms with Gasteiger partial charge in [-0.1, -0.05) is 41.5 Å². The maximum Gasteiger partial charge on any atom is 0.0294 e. The second-order valence-electron chi connectivity index (χ2n) is 4.32. The third kappa shape index (κ3) is 4.30. The maximum atomic E-state index is 3.47. The minimum absolute atomic E-state index is 0.418. The van der Waals surface area contributed by atoms with E-state index in [-0.39, 0.29) is 0 Å². The molecule has 0 unspecified atom stereocenters. The summed E-state index contributed by atoms with van der Waals surface area (Å²) in [6, 6.07) is 9.12. The number of benzene rings is 1. The third-order valence-corrected chi connectivity index (χ3v) is 2.51. The van der Waals surface area contributed by atoms with E-state index >= 15 is 0 Å². The zero-order valence-corrected chi connectivity index (χ0v) is 10.2. The highest BCUT2D eigenvalue weighted by Crippen LogP contribution is 2.12. The largest absolute Gasteiger partial charge is 0.307 e. The molecule has 1 rings (SSSR count). The maximum absolute atomic E-state index is 3.47. The van der Waals surface area contributed by atoms with Gasteiger partial charge < -0.3 is 5.32 Å². The minimum Gasteiger partial charge on any atom is -0.307 e. The van der Waals surface area contributed by atoms with E-state index in [0.29, 0.717) is 6.04 Å². The van der Waals surface area contributed by atoms with E-state index < -0.39 is 0 Å². The van der Waals surface area contributed by atoms with Gasteiger partial charge in [0.05, 0.1) is 0 Å². The van der Waals surface area contributed by atoms with Crippen molar-refractivity contribution in [2.75, 3.05) is 6.54 Å². The molecule has 15 heavy (non-hydrogen) atoms. The molecule has 1 nitrogen and oxygen atoms in total. The lowest BCUT2D eigenvalue weighted by molar-refractivity contribution is 0.616. The number of hydrogen-bond acceptors (Lipinski definition) is 1. The van der Waals surface area contributed by atoms with E-state index in [1.807, 2.05) is 0 Å². The fraction of sp³-hybridized carbons (Fsp3) is 0.429. The fourth-order valence-electron chi connectivity index (χ4n) is 1.41. The minimum atomic E-state index is 0.418. The normalized spacial score (nSPS) is 12.3. The molecule has 82 valence electrons. The highest BCUT2D eigenvalue weighted by Gasteiger charge is 2.02. The Bertz CT molecular complexity index is 318. The first-order chi connectivity index (χ1) is 7.09. The second kappa shape index (κ2) is 5.72. The zero-order chi connectivity index (χ0) is 11.3. The van der Waals surface area contributed by atoms with Gasteiger partial charge in [-0.2, -0.15) is 0 Å². The van der Waals surface area contributed by atoms with Crippen LogP contribution < -0.4 is 5.32 Å². The average Bonchev–Trinajstić information content (AvgIpc) is 2.18. The molecular formula is C14H21N. The first-order valence-corrected chi connectivity index (χ1v) is 5.53. The van der Waals surface area contributed by atoms with Gasteiger partial charge in [-0.3, -0.25) is 0 Å². The van der Waals surface area contributed by atoms with Crippen molar-refractivity contribution in [1.29, 1.82) is 0 Å². The smallest absolute Gasteiger partial charge is 0.0294 e. The van der Waals surface area contributed by atoms with Crippen LogP contribution in [-0.4, -0.2) is 6.54 Å². The summed E-state index contributed by atoms with van der Waals surface area (Å²) in [7, 11) is 0. The van der Waals surface area contributed by atoms with Gasteiger partial charge in [0.15, 0.2) is 0 Å². The van der Waals surface area contributed by atoms with Crippen LogP contribution in [0.5, 0.6) is 0 Å². The Morgan fingerprint density at radius 1 is 1.27 bits per heavy atom. The van der Waals surface area contributed by atoms with Crippen LogP contribution in [-0.2, 0) is 0 Å². The number of rotatable bonds is 4. The summed E-state index contributed by atoms with van der Waals surface area (Å²) in [5, 5.41) is 3.47. The monoisotopic (exact) mass is 203 g/mol. The molecule has 1 atom stereocenters. The lowest BCUT2D eigenvalue weighted by Gasteiger charge is -2.13. The van der Waals surface area contributed by atoms with Crippen LogP contribution in [0.25, 0.3) is 0 Å². The first kappa shape index (κ1) is 12.0. The first-order valence-electron chi connectivity index (χ1n) is 5.53. The zero-order valence-electron chi connectivity index (χ0n) is 10.2. The van der Waals surface area contributed by atoms with Crippen molar-refractivity contribution < 1.29 is 0 Å². The van der Waals surface area contributed by atoms with Gasteiger partial charge in [0.2, 0.25) is 0 Å². The van der Waals surface area contributed by atoms with Crippen LogP contribution in [0.15, 0.2) is 35.9 Å². The molecule has 1 heteroatoms. The van der Waals surface area contributed by atoms with Crippen molar-refractivity contribution in [2.24, 2.45) is 0 Å². The van der Waals surface area contributed by atoms with Gasteiger partial charge in [-0.25, -0.2) is 0 Å². The Labute approximate surface area is 93.2 Å². The van der Waals surface area contributed by atoms with Gasteiger partial charge in [-0.05, 0) is 33.3 Å². The van der Waals surface area contributed by atoms with Crippen LogP contribution >= 0.6 is 0 Å². The number of nitrogens with one attached hydrogen (secondary N) is 1. The Morgan fingerprint density at radius 3 is 2.40 bits per heavy atom. The molecule has 1 N–H and O–H groups in total. The Morgan fingerprint density at radius 2 is 1.87 bits per heavy atom. The van der Waals surface area contributed by atoms with E-state index in [9.17, 15) is 0 Å². The van der Waals surface area contributed by atoms with Crippen molar-refractivity contribution in [2.45, 2.75) is 33.7 Å². The summed E-state index contributed by atoms with van der Waals surface area (Å²) in [6.45, 7) is 9.50. The lowest BCUT2D eigenvalue weighted by Crippen LogP contribution is -2.18. The molecule has 0 saturated heterocycles. The standard InChI is InChI=1S/C14H21N/c1-11(2)9-10-15-13(4)14-7-5-12(3)6-8-14/h5-9,13,15H,10H2,1-4H3/t13-/m0/s1. The summed E-state index contributed by atoms with van der Waals surface area (Å²) in [5.41, 5.74) is 4.02. The molecule has 0 spiro atoms. The van der Waals surface area contributed by atoms with Crippen LogP contribution in [0.3, 0.4) is 0 Å². The summed E-state index contributed by atoms with van der Waals surface area (Å²) in [5.74, 6) is 0. The molecule has 0 fully saturated rings. The van der Waals surface area contributed by atoms with Crippen molar-refractivity contribution in [1.82, 2.24) is 5.32 Å². The lowest BCUT2D eigenvalue weighted by atomic mass is 10.1. The highest BCUT2D eigenvalue weighted by atomic mass is 14.9. The predicted molar refractivity (Wildman–Crippen MR) is 67.0 cm³/mol. The third-order valence-electron chi connectivity index (χ3n) is 2.51. The quantitative estimate of drug-likeness (QED) is 0.737. The summed E-state index contributed by atoms with van der Waals surface area (Å²) >= 11 is 0. The average molecular weight is 203 g/mol. The van der Waals surface area contributed by atoms with Crippen LogP contribution in [0.1, 0.15) is 37.9 Å². The predicted octanol–water partition coefficient (Wildman–Crippen LogP) is 3.61. The Hall–Kier alpha value is -1.08. The van der Waals surface area contributed by atoms with Gasteiger partial charge in [-0.15, -0.1) is 0 Å². The van der Waals surface area contributed by atoms with E-state index in [2.05, 4.69) is 63.4 Å². The topological polar surface area (TPSA) is 12.0 Å². The van der Waals surface area contributed by atoms with Crippen LogP contribution in [0.4, 0.5) is 0 Å². The summed E-state index contributed by atoms with van der Waals surface area (Å²) in [4.78, 5) is 0. The van der Waals surface area contributed by atoms with Gasteiger partial charge in [0, 0.05) is 12.6 Å². The van der Waals surface area contributed by atoms with Gasteiger partial charge in [0.1, 0.15) is 0 Å². The molecule has 0 heterocycles. The van der Waals surface area contributed by atoms with Crippen LogP contribution in [0, 0.1) is 6.92 Å². The number of hydrogen-bond donors (Lipinski definition) is 1. The molecule has 0 amide bonds. The molecule has 0 bridgehead atoms. The van der Waals surface area contributed by atoms with Gasteiger partial charge >= 0.3 is 0 Å². The second-order valence-corrected chi connectivity index (χ2v) is 4.32. The SMILES string of the molecule is CC(C)=CCN[C@@H](C)c1ccc(C)cc1. The Balaban J connectivity index is 2.50. The summed E-state index contributed by atoms with van der Waals surface area (Å²) in [6.07, 6.45) is 2.21. The van der Waals surface area contributed by atoms with Gasteiger partial charge in [0.25, 0.3) is 0 Å². The molecule has 0 aromatic heterocycles. The van der Waals surface area contributed by atoms with E-state index in [1.54, 1.807) is 0 Å². The summed E-state index contributed by atoms with van der Waals surface area (Å²) < 4.78 is 0. The van der Waals surface area contributed by atoms with E-state index in [4.69, 9.17) is 0 Å². The van der Waals surface area contributed by atoms with Crippen molar-refractivity contribution in [3.05, 3.63) is 47.0 Å². The van der Waals surface area contributed by atoms with E-state index in [0.717, 1.165) is 6.54 Å².